The number of hydrogen-bond donors (Lipinski definition) is 2. The smallest absolute Gasteiger partial charge is 0.215 e. The highest BCUT2D eigenvalue weighted by Gasteiger charge is 2.16. The zero-order chi connectivity index (χ0) is 13.1. The maximum absolute atomic E-state index is 11.0. The molecule has 7 heteroatoms. The van der Waals surface area contributed by atoms with Crippen molar-refractivity contribution in [2.45, 2.75) is 39.0 Å². The third-order valence-electron chi connectivity index (χ3n) is 2.18. The number of nitrogens with zero attached hydrogens (tertiary/aromatic N) is 1. The van der Waals surface area contributed by atoms with Gasteiger partial charge in [0.25, 0.3) is 0 Å². The van der Waals surface area contributed by atoms with E-state index < -0.39 is 10.0 Å². The van der Waals surface area contributed by atoms with Gasteiger partial charge in [0.05, 0.1) is 5.69 Å². The molecule has 0 bridgehead atoms. The molecule has 0 amide bonds. The van der Waals surface area contributed by atoms with E-state index >= 15 is 0 Å². The van der Waals surface area contributed by atoms with Crippen LogP contribution in [0.15, 0.2) is 0 Å². The molecule has 0 spiro atoms. The molecule has 1 aromatic rings. The third kappa shape index (κ3) is 4.71. The molecule has 0 fully saturated rings. The summed E-state index contributed by atoms with van der Waals surface area (Å²) in [5.74, 6) is 0.109. The van der Waals surface area contributed by atoms with Crippen LogP contribution >= 0.6 is 11.3 Å². The monoisotopic (exact) mass is 277 g/mol. The Morgan fingerprint density at radius 3 is 2.59 bits per heavy atom. The molecule has 0 atom stereocenters. The fourth-order valence-corrected chi connectivity index (χ4v) is 3.59. The zero-order valence-corrected chi connectivity index (χ0v) is 12.0. The Labute approximate surface area is 106 Å². The van der Waals surface area contributed by atoms with Gasteiger partial charge in [-0.3, -0.25) is 0 Å². The van der Waals surface area contributed by atoms with Gasteiger partial charge in [0.2, 0.25) is 10.0 Å². The molecule has 17 heavy (non-hydrogen) atoms. The van der Waals surface area contributed by atoms with Crippen LogP contribution in [0.25, 0.3) is 0 Å². The lowest BCUT2D eigenvalue weighted by Crippen LogP contribution is -2.14. The van der Waals surface area contributed by atoms with E-state index in [9.17, 15) is 8.42 Å². The minimum atomic E-state index is -3.50. The Morgan fingerprint density at radius 1 is 1.47 bits per heavy atom. The van der Waals surface area contributed by atoms with Gasteiger partial charge < -0.3 is 5.32 Å². The van der Waals surface area contributed by atoms with Crippen molar-refractivity contribution in [3.05, 3.63) is 15.6 Å². The van der Waals surface area contributed by atoms with Crippen molar-refractivity contribution in [1.29, 1.82) is 0 Å². The topological polar surface area (TPSA) is 85.1 Å². The number of rotatable bonds is 6. The first kappa shape index (κ1) is 14.6. The molecule has 0 aliphatic rings. The van der Waals surface area contributed by atoms with E-state index in [2.05, 4.69) is 10.3 Å². The van der Waals surface area contributed by atoms with Crippen LogP contribution in [0.4, 0.5) is 0 Å². The number of nitrogens with two attached hydrogens (primary N) is 1. The molecule has 98 valence electrons. The van der Waals surface area contributed by atoms with Gasteiger partial charge in [-0.2, -0.15) is 0 Å². The molecule has 1 rings (SSSR count). The molecule has 0 unspecified atom stereocenters. The maximum Gasteiger partial charge on any atom is 0.215 e. The van der Waals surface area contributed by atoms with E-state index in [4.69, 9.17) is 5.14 Å². The highest BCUT2D eigenvalue weighted by atomic mass is 32.2. The molecule has 0 aliphatic carbocycles. The summed E-state index contributed by atoms with van der Waals surface area (Å²) in [5.41, 5.74) is 0.967. The number of primary sulfonamides is 1. The van der Waals surface area contributed by atoms with Crippen LogP contribution in [0.3, 0.4) is 0 Å². The van der Waals surface area contributed by atoms with E-state index in [0.717, 1.165) is 23.7 Å². The second kappa shape index (κ2) is 5.90. The van der Waals surface area contributed by atoms with Crippen molar-refractivity contribution in [3.8, 4) is 0 Å². The van der Waals surface area contributed by atoms with Gasteiger partial charge in [-0.05, 0) is 12.5 Å². The van der Waals surface area contributed by atoms with Gasteiger partial charge >= 0.3 is 0 Å². The lowest BCUT2D eigenvalue weighted by molar-refractivity contribution is 0.596. The molecule has 0 saturated heterocycles. The summed E-state index contributed by atoms with van der Waals surface area (Å²) >= 11 is 1.42. The molecule has 3 N–H and O–H groups in total. The molecule has 0 saturated carbocycles. The van der Waals surface area contributed by atoms with E-state index in [-0.39, 0.29) is 11.7 Å². The summed E-state index contributed by atoms with van der Waals surface area (Å²) in [7, 11) is -3.50. The van der Waals surface area contributed by atoms with Crippen molar-refractivity contribution in [1.82, 2.24) is 10.3 Å². The molecule has 0 aliphatic heterocycles. The Kier molecular flexibility index (Phi) is 5.05. The van der Waals surface area contributed by atoms with Crippen LogP contribution in [0.5, 0.6) is 0 Å². The minimum Gasteiger partial charge on any atom is -0.312 e. The van der Waals surface area contributed by atoms with Crippen molar-refractivity contribution in [3.63, 3.8) is 0 Å². The van der Waals surface area contributed by atoms with Crippen LogP contribution in [0, 0.1) is 0 Å². The highest BCUT2D eigenvalue weighted by molar-refractivity contribution is 7.88. The molecule has 1 aromatic heterocycles. The normalized spacial score (nSPS) is 12.3. The molecular weight excluding hydrogens is 258 g/mol. The number of sulfonamides is 1. The van der Waals surface area contributed by atoms with Crippen LogP contribution in [-0.2, 0) is 22.3 Å². The third-order valence-corrected chi connectivity index (χ3v) is 4.11. The summed E-state index contributed by atoms with van der Waals surface area (Å²) in [6.45, 7) is 7.73. The van der Waals surface area contributed by atoms with E-state index in [1.54, 1.807) is 0 Å². The summed E-state index contributed by atoms with van der Waals surface area (Å²) in [6.07, 6.45) is 0. The number of aromatic nitrogens is 1. The Balaban J connectivity index is 2.95. The average molecular weight is 277 g/mol. The molecule has 5 nitrogen and oxygen atoms in total. The standard InChI is InChI=1S/C10H19N3O2S2/c1-4-12-5-8-10(7(2)3)13-9(16-8)6-17(11,14)15/h7,12H,4-6H2,1-3H3,(H2,11,14,15). The summed E-state index contributed by atoms with van der Waals surface area (Å²) in [4.78, 5) is 5.47. The van der Waals surface area contributed by atoms with Gasteiger partial charge in [-0.25, -0.2) is 18.5 Å². The lowest BCUT2D eigenvalue weighted by Gasteiger charge is -2.04. The van der Waals surface area contributed by atoms with Crippen LogP contribution < -0.4 is 10.5 Å². The SMILES string of the molecule is CCNCc1sc(CS(N)(=O)=O)nc1C(C)C. The summed E-state index contributed by atoms with van der Waals surface area (Å²) in [5, 5.41) is 8.83. The van der Waals surface area contributed by atoms with E-state index in [1.807, 2.05) is 20.8 Å². The average Bonchev–Trinajstić information content (AvgIpc) is 2.55. The quantitative estimate of drug-likeness (QED) is 0.817. The number of nitrogens with one attached hydrogen (secondary N) is 1. The van der Waals surface area contributed by atoms with Crippen molar-refractivity contribution < 1.29 is 8.42 Å². The first-order chi connectivity index (χ1) is 7.83. The van der Waals surface area contributed by atoms with Gasteiger partial charge in [0.1, 0.15) is 10.8 Å². The Hall–Kier alpha value is -0.500. The predicted molar refractivity (Wildman–Crippen MR) is 70.4 cm³/mol. The number of thiazole rings is 1. The molecular formula is C10H19N3O2S2. The molecule has 0 radical (unpaired) electrons. The maximum atomic E-state index is 11.0. The second-order valence-electron chi connectivity index (χ2n) is 4.16. The lowest BCUT2D eigenvalue weighted by atomic mass is 10.1. The Bertz CT molecular complexity index is 466. The molecule has 0 aromatic carbocycles. The fourth-order valence-electron chi connectivity index (χ4n) is 1.46. The van der Waals surface area contributed by atoms with Crippen molar-refractivity contribution in [2.75, 3.05) is 6.54 Å². The second-order valence-corrected chi connectivity index (χ2v) is 6.94. The fraction of sp³-hybridized carbons (Fsp3) is 0.700. The van der Waals surface area contributed by atoms with Crippen molar-refractivity contribution in [2.24, 2.45) is 5.14 Å². The van der Waals surface area contributed by atoms with Crippen LogP contribution in [0.2, 0.25) is 0 Å². The largest absolute Gasteiger partial charge is 0.312 e. The van der Waals surface area contributed by atoms with E-state index in [1.165, 1.54) is 11.3 Å². The zero-order valence-electron chi connectivity index (χ0n) is 10.4. The first-order valence-electron chi connectivity index (χ1n) is 5.53. The van der Waals surface area contributed by atoms with Crippen LogP contribution in [-0.4, -0.2) is 19.9 Å². The summed E-state index contributed by atoms with van der Waals surface area (Å²) < 4.78 is 22.1. The van der Waals surface area contributed by atoms with Gasteiger partial charge in [0.15, 0.2) is 0 Å². The minimum absolute atomic E-state index is 0.177. The molecule has 1 heterocycles. The summed E-state index contributed by atoms with van der Waals surface area (Å²) in [6, 6.07) is 0. The van der Waals surface area contributed by atoms with Crippen LogP contribution in [0.1, 0.15) is 42.3 Å². The highest BCUT2D eigenvalue weighted by Crippen LogP contribution is 2.25. The van der Waals surface area contributed by atoms with Gasteiger partial charge in [-0.15, -0.1) is 11.3 Å². The van der Waals surface area contributed by atoms with Gasteiger partial charge in [-0.1, -0.05) is 20.8 Å². The Morgan fingerprint density at radius 2 is 2.12 bits per heavy atom. The number of hydrogen-bond acceptors (Lipinski definition) is 5. The predicted octanol–water partition coefficient (Wildman–Crippen LogP) is 1.16. The van der Waals surface area contributed by atoms with Crippen molar-refractivity contribution >= 4 is 21.4 Å². The first-order valence-corrected chi connectivity index (χ1v) is 8.06. The van der Waals surface area contributed by atoms with E-state index in [0.29, 0.717) is 5.01 Å². The van der Waals surface area contributed by atoms with Gasteiger partial charge in [0, 0.05) is 11.4 Å².